The molecule has 0 spiro atoms. The van der Waals surface area contributed by atoms with Crippen LogP contribution in [0.15, 0.2) is 82.5 Å². The summed E-state index contributed by atoms with van der Waals surface area (Å²) in [6.45, 7) is 7.98. The Labute approximate surface area is 228 Å². The molecular weight excluding hydrogens is 506 g/mol. The number of rotatable bonds is 8. The van der Waals surface area contributed by atoms with Gasteiger partial charge in [-0.05, 0) is 37.6 Å². The fraction of sp³-hybridized carbons (Fsp3) is 0.259. The summed E-state index contributed by atoms with van der Waals surface area (Å²) in [5, 5.41) is 9.90. The maximum absolute atomic E-state index is 12.2. The first kappa shape index (κ1) is 32.0. The van der Waals surface area contributed by atoms with Crippen LogP contribution in [0, 0.1) is 0 Å². The predicted molar refractivity (Wildman–Crippen MR) is 155 cm³/mol. The lowest BCUT2D eigenvalue weighted by Crippen LogP contribution is -2.31. The number of carbonyl (C=O) groups is 1. The average molecular weight is 542 g/mol. The van der Waals surface area contributed by atoms with Crippen molar-refractivity contribution in [1.29, 1.82) is 0 Å². The van der Waals surface area contributed by atoms with Crippen molar-refractivity contribution in [3.63, 3.8) is 0 Å². The molecule has 0 aliphatic heterocycles. The molecule has 0 atom stereocenters. The largest absolute Gasteiger partial charge is 0.493 e. The third-order valence-corrected chi connectivity index (χ3v) is 4.74. The van der Waals surface area contributed by atoms with Crippen LogP contribution in [0.3, 0.4) is 0 Å². The SMILES string of the molecule is CC.CCOc1cccc(Cl)c1C(=O)N/C(C)=C\C(N)N.CNc1nccc(=O)n1/N=C/c1ccccc1. The molecule has 2 aromatic carbocycles. The smallest absolute Gasteiger partial charge is 0.275 e. The molecule has 11 heteroatoms. The van der Waals surface area contributed by atoms with E-state index < -0.39 is 6.17 Å². The number of nitrogens with one attached hydrogen (secondary N) is 2. The third-order valence-electron chi connectivity index (χ3n) is 4.42. The summed E-state index contributed by atoms with van der Waals surface area (Å²) >= 11 is 6.04. The quantitative estimate of drug-likeness (QED) is 0.250. The molecule has 0 aliphatic rings. The Balaban J connectivity index is 0.000000358. The van der Waals surface area contributed by atoms with Gasteiger partial charge < -0.3 is 26.8 Å². The Hall–Kier alpha value is -3.99. The van der Waals surface area contributed by atoms with Crippen LogP contribution in [-0.4, -0.2) is 41.6 Å². The number of halogens is 1. The van der Waals surface area contributed by atoms with Crippen LogP contribution in [0.5, 0.6) is 5.75 Å². The number of anilines is 1. The molecule has 0 radical (unpaired) electrons. The van der Waals surface area contributed by atoms with Crippen LogP contribution in [0.25, 0.3) is 0 Å². The minimum atomic E-state index is -0.627. The van der Waals surface area contributed by atoms with Gasteiger partial charge in [0.25, 0.3) is 11.5 Å². The number of nitrogens with two attached hydrogens (primary N) is 2. The van der Waals surface area contributed by atoms with Gasteiger partial charge in [-0.3, -0.25) is 9.59 Å². The maximum atomic E-state index is 12.2. The van der Waals surface area contributed by atoms with Crippen LogP contribution >= 0.6 is 11.6 Å². The van der Waals surface area contributed by atoms with Crippen LogP contribution in [0.1, 0.15) is 43.6 Å². The van der Waals surface area contributed by atoms with Crippen molar-refractivity contribution in [1.82, 2.24) is 15.0 Å². The van der Waals surface area contributed by atoms with Crippen LogP contribution in [0.4, 0.5) is 5.95 Å². The van der Waals surface area contributed by atoms with Gasteiger partial charge in [0.05, 0.1) is 24.0 Å². The fourth-order valence-electron chi connectivity index (χ4n) is 2.92. The van der Waals surface area contributed by atoms with Gasteiger partial charge in [0.2, 0.25) is 5.95 Å². The second kappa shape index (κ2) is 17.5. The molecule has 1 amide bonds. The van der Waals surface area contributed by atoms with Crippen molar-refractivity contribution < 1.29 is 9.53 Å². The number of carbonyl (C=O) groups excluding carboxylic acids is 1. The molecule has 204 valence electrons. The van der Waals surface area contributed by atoms with Crippen molar-refractivity contribution in [3.8, 4) is 5.75 Å². The van der Waals surface area contributed by atoms with Crippen LogP contribution in [-0.2, 0) is 0 Å². The van der Waals surface area contributed by atoms with Crippen molar-refractivity contribution in [2.45, 2.75) is 33.9 Å². The van der Waals surface area contributed by atoms with E-state index in [1.54, 1.807) is 38.4 Å². The van der Waals surface area contributed by atoms with E-state index in [0.29, 0.717) is 34.6 Å². The minimum Gasteiger partial charge on any atom is -0.493 e. The molecule has 0 fully saturated rings. The Morgan fingerprint density at radius 1 is 1.16 bits per heavy atom. The molecule has 0 unspecified atom stereocenters. The maximum Gasteiger partial charge on any atom is 0.275 e. The second-order valence-corrected chi connectivity index (χ2v) is 7.66. The first-order valence-electron chi connectivity index (χ1n) is 12.0. The Bertz CT molecular complexity index is 1260. The van der Waals surface area contributed by atoms with Gasteiger partial charge in [0.15, 0.2) is 0 Å². The van der Waals surface area contributed by atoms with E-state index in [0.717, 1.165) is 5.56 Å². The lowest BCUT2D eigenvalue weighted by atomic mass is 10.2. The molecule has 1 heterocycles. The van der Waals surface area contributed by atoms with E-state index in [2.05, 4.69) is 20.7 Å². The number of aromatic nitrogens is 2. The zero-order chi connectivity index (χ0) is 28.5. The summed E-state index contributed by atoms with van der Waals surface area (Å²) in [6.07, 6.45) is 3.97. The number of benzene rings is 2. The van der Waals surface area contributed by atoms with E-state index >= 15 is 0 Å². The molecule has 3 aromatic rings. The van der Waals surface area contributed by atoms with Gasteiger partial charge in [-0.15, -0.1) is 0 Å². The molecule has 0 aliphatic carbocycles. The number of amides is 1. The molecular formula is C27H36ClN7O3. The van der Waals surface area contributed by atoms with E-state index in [4.69, 9.17) is 27.8 Å². The van der Waals surface area contributed by atoms with Crippen molar-refractivity contribution in [3.05, 3.63) is 99.1 Å². The monoisotopic (exact) mass is 541 g/mol. The number of hydrogen-bond donors (Lipinski definition) is 4. The normalized spacial score (nSPS) is 10.7. The summed E-state index contributed by atoms with van der Waals surface area (Å²) in [6, 6.07) is 16.0. The molecule has 1 aromatic heterocycles. The Kier molecular flexibility index (Phi) is 14.7. The first-order chi connectivity index (χ1) is 18.3. The van der Waals surface area contributed by atoms with E-state index in [1.807, 2.05) is 51.1 Å². The van der Waals surface area contributed by atoms with Gasteiger partial charge in [0.1, 0.15) is 11.3 Å². The molecule has 0 bridgehead atoms. The highest BCUT2D eigenvalue weighted by atomic mass is 35.5. The van der Waals surface area contributed by atoms with Crippen LogP contribution < -0.4 is 32.4 Å². The van der Waals surface area contributed by atoms with Gasteiger partial charge >= 0.3 is 0 Å². The zero-order valence-electron chi connectivity index (χ0n) is 22.3. The number of nitrogens with zero attached hydrogens (tertiary/aromatic N) is 3. The van der Waals surface area contributed by atoms with E-state index in [9.17, 15) is 9.59 Å². The molecule has 38 heavy (non-hydrogen) atoms. The van der Waals surface area contributed by atoms with E-state index in [1.165, 1.54) is 23.0 Å². The molecule has 0 saturated heterocycles. The minimum absolute atomic E-state index is 0.225. The second-order valence-electron chi connectivity index (χ2n) is 7.25. The standard InChI is InChI=1S/C13H18ClN3O2.C12H12N4O.C2H6/c1-3-19-10-6-4-5-9(14)12(10)13(18)17-8(2)7-11(15)16;1-13-12-14-8-7-11(17)16(12)15-9-10-5-3-2-4-6-10;1-2/h4-7,11H,3,15-16H2,1-2H3,(H,17,18);2-9H,1H3,(H,13,14);1-2H3/b8-7-;15-9+;. The van der Waals surface area contributed by atoms with Gasteiger partial charge in [0, 0.05) is 25.0 Å². The molecule has 0 saturated carbocycles. The Morgan fingerprint density at radius 3 is 2.45 bits per heavy atom. The molecule has 6 N–H and O–H groups in total. The molecule has 3 rings (SSSR count). The summed E-state index contributed by atoms with van der Waals surface area (Å²) in [7, 11) is 1.69. The topological polar surface area (TPSA) is 150 Å². The first-order valence-corrected chi connectivity index (χ1v) is 12.4. The highest BCUT2D eigenvalue weighted by Crippen LogP contribution is 2.26. The summed E-state index contributed by atoms with van der Waals surface area (Å²) in [4.78, 5) is 27.8. The zero-order valence-corrected chi connectivity index (χ0v) is 23.1. The van der Waals surface area contributed by atoms with Gasteiger partial charge in [-0.25, -0.2) is 4.98 Å². The summed E-state index contributed by atoms with van der Waals surface area (Å²) < 4.78 is 6.60. The van der Waals surface area contributed by atoms with Crippen LogP contribution in [0.2, 0.25) is 5.02 Å². The van der Waals surface area contributed by atoms with Crippen molar-refractivity contribution in [2.24, 2.45) is 16.6 Å². The fourth-order valence-corrected chi connectivity index (χ4v) is 3.17. The lowest BCUT2D eigenvalue weighted by Gasteiger charge is -2.12. The predicted octanol–water partition coefficient (Wildman–Crippen LogP) is 3.81. The number of ether oxygens (including phenoxy) is 1. The van der Waals surface area contributed by atoms with Crippen molar-refractivity contribution in [2.75, 3.05) is 19.0 Å². The van der Waals surface area contributed by atoms with Gasteiger partial charge in [-0.1, -0.05) is 61.8 Å². The van der Waals surface area contributed by atoms with E-state index in [-0.39, 0.29) is 11.5 Å². The highest BCUT2D eigenvalue weighted by molar-refractivity contribution is 6.34. The summed E-state index contributed by atoms with van der Waals surface area (Å²) in [5.74, 6) is 0.491. The average Bonchev–Trinajstić information content (AvgIpc) is 2.89. The highest BCUT2D eigenvalue weighted by Gasteiger charge is 2.16. The Morgan fingerprint density at radius 2 is 1.84 bits per heavy atom. The number of hydrogen-bond acceptors (Lipinski definition) is 8. The number of allylic oxidation sites excluding steroid dienone is 1. The van der Waals surface area contributed by atoms with Crippen molar-refractivity contribution >= 4 is 29.7 Å². The molecule has 10 nitrogen and oxygen atoms in total. The summed E-state index contributed by atoms with van der Waals surface area (Å²) in [5.41, 5.74) is 12.4. The third kappa shape index (κ3) is 10.6. The van der Waals surface area contributed by atoms with Gasteiger partial charge in [-0.2, -0.15) is 9.78 Å². The lowest BCUT2D eigenvalue weighted by molar-refractivity contribution is 0.0962.